The highest BCUT2D eigenvalue weighted by Gasteiger charge is 2.55. The van der Waals surface area contributed by atoms with E-state index >= 15 is 0 Å². The van der Waals surface area contributed by atoms with E-state index < -0.39 is 0 Å². The fourth-order valence-corrected chi connectivity index (χ4v) is 3.57. The fourth-order valence-electron chi connectivity index (χ4n) is 3.57. The molecule has 0 aromatic carbocycles. The van der Waals surface area contributed by atoms with Crippen molar-refractivity contribution in [1.82, 2.24) is 24.8 Å². The molecule has 8 heteroatoms. The first-order valence-electron chi connectivity index (χ1n) is 8.27. The van der Waals surface area contributed by atoms with E-state index in [2.05, 4.69) is 38.7 Å². The molecule has 130 valence electrons. The number of carbonyl (C=O) groups is 1. The monoisotopic (exact) mass is 340 g/mol. The van der Waals surface area contributed by atoms with Crippen molar-refractivity contribution < 1.29 is 9.53 Å². The van der Waals surface area contributed by atoms with Crippen molar-refractivity contribution in [2.45, 2.75) is 25.3 Å². The topological polar surface area (TPSA) is 84.3 Å². The van der Waals surface area contributed by atoms with Gasteiger partial charge < -0.3 is 14.5 Å². The number of anilines is 1. The van der Waals surface area contributed by atoms with Crippen molar-refractivity contribution in [2.24, 2.45) is 0 Å². The van der Waals surface area contributed by atoms with Crippen molar-refractivity contribution in [3.05, 3.63) is 36.3 Å². The molecule has 1 fully saturated rings. The Hall–Kier alpha value is -2.77. The average molecular weight is 340 g/mol. The molecule has 1 saturated heterocycles. The van der Waals surface area contributed by atoms with Crippen LogP contribution in [0, 0.1) is 0 Å². The summed E-state index contributed by atoms with van der Waals surface area (Å²) >= 11 is 0. The van der Waals surface area contributed by atoms with Gasteiger partial charge in [0.05, 0.1) is 30.6 Å². The summed E-state index contributed by atoms with van der Waals surface area (Å²) in [5, 5.41) is 0. The van der Waals surface area contributed by atoms with Crippen LogP contribution in [0.3, 0.4) is 0 Å². The molecule has 25 heavy (non-hydrogen) atoms. The standard InChI is InChI=1S/C17H20N6O2/c1-11(2)23-10-17(13-15(23)19-5-4-18-13)8-22(9-17)16(24)14-20-6-12(25-3)7-21-14/h4-7,11H,8-10H2,1-3H3. The van der Waals surface area contributed by atoms with Crippen LogP contribution in [-0.2, 0) is 5.41 Å². The second-order valence-electron chi connectivity index (χ2n) is 6.84. The van der Waals surface area contributed by atoms with Crippen LogP contribution in [0.5, 0.6) is 5.75 Å². The number of hydrogen-bond donors (Lipinski definition) is 0. The second-order valence-corrected chi connectivity index (χ2v) is 6.84. The third kappa shape index (κ3) is 2.40. The number of amides is 1. The van der Waals surface area contributed by atoms with Gasteiger partial charge >= 0.3 is 0 Å². The molecule has 4 rings (SSSR count). The van der Waals surface area contributed by atoms with E-state index in [0.717, 1.165) is 18.1 Å². The first kappa shape index (κ1) is 15.7. The second kappa shape index (κ2) is 5.65. The van der Waals surface area contributed by atoms with E-state index in [-0.39, 0.29) is 17.1 Å². The highest BCUT2D eigenvalue weighted by molar-refractivity contribution is 5.91. The average Bonchev–Trinajstić information content (AvgIpc) is 2.96. The van der Waals surface area contributed by atoms with E-state index in [0.29, 0.717) is 24.9 Å². The van der Waals surface area contributed by atoms with Crippen LogP contribution >= 0.6 is 0 Å². The van der Waals surface area contributed by atoms with Crippen molar-refractivity contribution in [2.75, 3.05) is 31.6 Å². The Morgan fingerprint density at radius 2 is 1.80 bits per heavy atom. The van der Waals surface area contributed by atoms with Crippen LogP contribution in [0.1, 0.15) is 30.2 Å². The van der Waals surface area contributed by atoms with Gasteiger partial charge in [-0.2, -0.15) is 0 Å². The maximum atomic E-state index is 12.6. The lowest BCUT2D eigenvalue weighted by Gasteiger charge is -2.47. The lowest BCUT2D eigenvalue weighted by atomic mass is 9.78. The number of ether oxygens (including phenoxy) is 1. The Labute approximate surface area is 145 Å². The zero-order valence-corrected chi connectivity index (χ0v) is 14.5. The SMILES string of the molecule is COc1cnc(C(=O)N2CC3(C2)CN(C(C)C)c2nccnc23)nc1. The van der Waals surface area contributed by atoms with E-state index in [1.165, 1.54) is 12.4 Å². The van der Waals surface area contributed by atoms with Crippen molar-refractivity contribution >= 4 is 11.7 Å². The van der Waals surface area contributed by atoms with Gasteiger partial charge in [0.2, 0.25) is 5.82 Å². The number of rotatable bonds is 3. The van der Waals surface area contributed by atoms with Crippen molar-refractivity contribution in [3.8, 4) is 5.75 Å². The van der Waals surface area contributed by atoms with Gasteiger partial charge in [-0.25, -0.2) is 15.0 Å². The summed E-state index contributed by atoms with van der Waals surface area (Å²) in [6.45, 7) is 6.33. The van der Waals surface area contributed by atoms with E-state index in [1.54, 1.807) is 24.4 Å². The minimum absolute atomic E-state index is 0.143. The first-order chi connectivity index (χ1) is 12.0. The van der Waals surface area contributed by atoms with Gasteiger partial charge in [-0.15, -0.1) is 0 Å². The molecule has 0 aliphatic carbocycles. The maximum absolute atomic E-state index is 12.6. The van der Waals surface area contributed by atoms with Gasteiger partial charge in [-0.1, -0.05) is 0 Å². The van der Waals surface area contributed by atoms with Crippen LogP contribution in [-0.4, -0.2) is 63.5 Å². The molecular formula is C17H20N6O2. The minimum Gasteiger partial charge on any atom is -0.494 e. The summed E-state index contributed by atoms with van der Waals surface area (Å²) in [7, 11) is 1.54. The predicted molar refractivity (Wildman–Crippen MR) is 90.7 cm³/mol. The quantitative estimate of drug-likeness (QED) is 0.820. The minimum atomic E-state index is -0.165. The molecule has 1 amide bonds. The molecule has 0 bridgehead atoms. The molecule has 0 N–H and O–H groups in total. The lowest BCUT2D eigenvalue weighted by Crippen LogP contribution is -2.63. The van der Waals surface area contributed by atoms with Gasteiger partial charge in [0.15, 0.2) is 11.6 Å². The Morgan fingerprint density at radius 3 is 2.44 bits per heavy atom. The third-order valence-electron chi connectivity index (χ3n) is 4.88. The summed E-state index contributed by atoms with van der Waals surface area (Å²) in [6, 6.07) is 0.337. The molecular weight excluding hydrogens is 320 g/mol. The summed E-state index contributed by atoms with van der Waals surface area (Å²) in [4.78, 5) is 33.9. The third-order valence-corrected chi connectivity index (χ3v) is 4.88. The Morgan fingerprint density at radius 1 is 1.12 bits per heavy atom. The number of nitrogens with zero attached hydrogens (tertiary/aromatic N) is 6. The van der Waals surface area contributed by atoms with Gasteiger partial charge in [0.25, 0.3) is 5.91 Å². The van der Waals surface area contributed by atoms with Crippen molar-refractivity contribution in [1.29, 1.82) is 0 Å². The zero-order chi connectivity index (χ0) is 17.6. The largest absolute Gasteiger partial charge is 0.494 e. The molecule has 0 radical (unpaired) electrons. The van der Waals surface area contributed by atoms with Crippen LogP contribution in [0.2, 0.25) is 0 Å². The fraction of sp³-hybridized carbons (Fsp3) is 0.471. The molecule has 2 aromatic heterocycles. The number of aromatic nitrogens is 4. The summed E-state index contributed by atoms with van der Waals surface area (Å²) in [6.07, 6.45) is 6.46. The van der Waals surface area contributed by atoms with Crippen molar-refractivity contribution in [3.63, 3.8) is 0 Å². The molecule has 0 unspecified atom stereocenters. The summed E-state index contributed by atoms with van der Waals surface area (Å²) in [5.41, 5.74) is 0.846. The number of carbonyl (C=O) groups excluding carboxylic acids is 1. The molecule has 0 saturated carbocycles. The Balaban J connectivity index is 1.53. The molecule has 2 aliphatic rings. The van der Waals surface area contributed by atoms with E-state index in [4.69, 9.17) is 4.74 Å². The Bertz CT molecular complexity index is 801. The molecule has 1 spiro atoms. The molecule has 2 aliphatic heterocycles. The van der Waals surface area contributed by atoms with Gasteiger partial charge in [0.1, 0.15) is 0 Å². The van der Waals surface area contributed by atoms with E-state index in [9.17, 15) is 4.79 Å². The van der Waals surface area contributed by atoms with Crippen LogP contribution in [0.25, 0.3) is 0 Å². The van der Waals surface area contributed by atoms with Crippen LogP contribution in [0.15, 0.2) is 24.8 Å². The highest BCUT2D eigenvalue weighted by Crippen LogP contribution is 2.45. The molecule has 2 aromatic rings. The molecule has 0 atom stereocenters. The van der Waals surface area contributed by atoms with Crippen LogP contribution in [0.4, 0.5) is 5.82 Å². The zero-order valence-electron chi connectivity index (χ0n) is 14.5. The van der Waals surface area contributed by atoms with Gasteiger partial charge in [-0.3, -0.25) is 9.78 Å². The normalized spacial score (nSPS) is 17.6. The number of hydrogen-bond acceptors (Lipinski definition) is 7. The predicted octanol–water partition coefficient (Wildman–Crippen LogP) is 0.897. The molecule has 8 nitrogen and oxygen atoms in total. The number of methoxy groups -OCH3 is 1. The maximum Gasteiger partial charge on any atom is 0.291 e. The highest BCUT2D eigenvalue weighted by atomic mass is 16.5. The Kier molecular flexibility index (Phi) is 3.55. The van der Waals surface area contributed by atoms with E-state index in [1.807, 2.05) is 0 Å². The molecule has 4 heterocycles. The van der Waals surface area contributed by atoms with Gasteiger partial charge in [0, 0.05) is 38.1 Å². The first-order valence-corrected chi connectivity index (χ1v) is 8.27. The lowest BCUT2D eigenvalue weighted by molar-refractivity contribution is 0.0403. The number of fused-ring (bicyclic) bond motifs is 2. The van der Waals surface area contributed by atoms with Gasteiger partial charge in [-0.05, 0) is 13.8 Å². The smallest absolute Gasteiger partial charge is 0.291 e. The van der Waals surface area contributed by atoms with Crippen LogP contribution < -0.4 is 9.64 Å². The summed E-state index contributed by atoms with van der Waals surface area (Å²) in [5.74, 6) is 1.49. The summed E-state index contributed by atoms with van der Waals surface area (Å²) < 4.78 is 5.03. The number of likely N-dealkylation sites (tertiary alicyclic amines) is 1.